The van der Waals surface area contributed by atoms with Crippen molar-refractivity contribution in [3.8, 4) is 0 Å². The van der Waals surface area contributed by atoms with Gasteiger partial charge < -0.3 is 14.7 Å². The summed E-state index contributed by atoms with van der Waals surface area (Å²) in [6, 6.07) is 0.808. The molecule has 1 N–H and O–H groups in total. The van der Waals surface area contributed by atoms with E-state index in [1.54, 1.807) is 0 Å². The van der Waals surface area contributed by atoms with Gasteiger partial charge in [-0.1, -0.05) is 13.8 Å². The summed E-state index contributed by atoms with van der Waals surface area (Å²) in [7, 11) is 0. The van der Waals surface area contributed by atoms with Crippen LogP contribution < -0.4 is 0 Å². The molecular formula is C15H29NO2. The maximum Gasteiger partial charge on any atom is 0.0701 e. The molecule has 0 spiro atoms. The summed E-state index contributed by atoms with van der Waals surface area (Å²) in [5.74, 6) is 1.78. The highest BCUT2D eigenvalue weighted by Gasteiger charge is 2.30. The van der Waals surface area contributed by atoms with Crippen LogP contribution >= 0.6 is 0 Å². The first-order valence-corrected chi connectivity index (χ1v) is 7.65. The Morgan fingerprint density at radius 3 is 2.22 bits per heavy atom. The van der Waals surface area contributed by atoms with Gasteiger partial charge in [0.05, 0.1) is 19.3 Å². The van der Waals surface area contributed by atoms with Crippen molar-refractivity contribution in [2.24, 2.45) is 11.8 Å². The van der Waals surface area contributed by atoms with Crippen molar-refractivity contribution in [1.82, 2.24) is 4.90 Å². The number of nitrogens with zero attached hydrogens (tertiary/aromatic N) is 1. The summed E-state index contributed by atoms with van der Waals surface area (Å²) in [6.07, 6.45) is 6.83. The van der Waals surface area contributed by atoms with E-state index < -0.39 is 0 Å². The van der Waals surface area contributed by atoms with E-state index >= 15 is 0 Å². The molecule has 2 rings (SSSR count). The Morgan fingerprint density at radius 2 is 1.67 bits per heavy atom. The first-order valence-electron chi connectivity index (χ1n) is 7.65. The Morgan fingerprint density at radius 1 is 1.06 bits per heavy atom. The molecular weight excluding hydrogens is 226 g/mol. The third kappa shape index (κ3) is 3.94. The minimum Gasteiger partial charge on any atom is -0.394 e. The Labute approximate surface area is 112 Å². The van der Waals surface area contributed by atoms with Crippen LogP contribution in [-0.2, 0) is 4.74 Å². The largest absolute Gasteiger partial charge is 0.394 e. The fourth-order valence-electron chi connectivity index (χ4n) is 3.83. The van der Waals surface area contributed by atoms with Crippen molar-refractivity contribution in [1.29, 1.82) is 0 Å². The highest BCUT2D eigenvalue weighted by atomic mass is 16.5. The lowest BCUT2D eigenvalue weighted by molar-refractivity contribution is -0.0224. The molecule has 2 unspecified atom stereocenters. The van der Waals surface area contributed by atoms with Crippen LogP contribution in [0.3, 0.4) is 0 Å². The second-order valence-electron chi connectivity index (χ2n) is 6.40. The fraction of sp³-hybridized carbons (Fsp3) is 1.00. The second-order valence-corrected chi connectivity index (χ2v) is 6.40. The van der Waals surface area contributed by atoms with E-state index in [1.807, 2.05) is 0 Å². The third-order valence-corrected chi connectivity index (χ3v) is 4.59. The molecule has 1 heterocycles. The van der Waals surface area contributed by atoms with Crippen molar-refractivity contribution in [2.45, 2.75) is 58.1 Å². The van der Waals surface area contributed by atoms with Gasteiger partial charge in [-0.05, 0) is 43.9 Å². The minimum atomic E-state index is 0.151. The van der Waals surface area contributed by atoms with Gasteiger partial charge in [-0.2, -0.15) is 0 Å². The molecule has 2 atom stereocenters. The molecule has 0 aromatic heterocycles. The monoisotopic (exact) mass is 255 g/mol. The highest BCUT2D eigenvalue weighted by Crippen LogP contribution is 2.32. The van der Waals surface area contributed by atoms with Crippen LogP contribution in [0, 0.1) is 11.8 Å². The topological polar surface area (TPSA) is 32.7 Å². The summed E-state index contributed by atoms with van der Waals surface area (Å²) in [5, 5.41) is 8.78. The molecule has 2 aliphatic rings. The smallest absolute Gasteiger partial charge is 0.0701 e. The number of aliphatic hydroxyl groups is 1. The molecule has 1 saturated carbocycles. The first-order chi connectivity index (χ1) is 8.69. The second kappa shape index (κ2) is 6.88. The predicted molar refractivity (Wildman–Crippen MR) is 73.6 cm³/mol. The van der Waals surface area contributed by atoms with E-state index in [2.05, 4.69) is 18.7 Å². The minimum absolute atomic E-state index is 0.151. The fourth-order valence-corrected chi connectivity index (χ4v) is 3.83. The number of hydrogen-bond donors (Lipinski definition) is 1. The Hall–Kier alpha value is -0.120. The van der Waals surface area contributed by atoms with Gasteiger partial charge in [0.2, 0.25) is 0 Å². The van der Waals surface area contributed by atoms with Crippen LogP contribution in [0.4, 0.5) is 0 Å². The molecule has 0 bridgehead atoms. The van der Waals surface area contributed by atoms with Gasteiger partial charge >= 0.3 is 0 Å². The SMILES string of the molecule is CC1CC(C)CC(N2CCC(OCCO)CC2)C1. The van der Waals surface area contributed by atoms with Gasteiger partial charge in [-0.25, -0.2) is 0 Å². The number of rotatable bonds is 4. The zero-order chi connectivity index (χ0) is 13.0. The van der Waals surface area contributed by atoms with Crippen LogP contribution in [0.15, 0.2) is 0 Å². The quantitative estimate of drug-likeness (QED) is 0.836. The van der Waals surface area contributed by atoms with Crippen LogP contribution in [0.1, 0.15) is 46.0 Å². The molecule has 0 aromatic rings. The van der Waals surface area contributed by atoms with E-state index in [0.717, 1.165) is 30.7 Å². The van der Waals surface area contributed by atoms with Crippen molar-refractivity contribution in [3.63, 3.8) is 0 Å². The van der Waals surface area contributed by atoms with Crippen LogP contribution in [0.5, 0.6) is 0 Å². The van der Waals surface area contributed by atoms with E-state index in [0.29, 0.717) is 12.7 Å². The molecule has 0 amide bonds. The molecule has 3 heteroatoms. The Kier molecular flexibility index (Phi) is 5.46. The maximum absolute atomic E-state index is 8.78. The molecule has 18 heavy (non-hydrogen) atoms. The molecule has 1 aliphatic carbocycles. The molecule has 3 nitrogen and oxygen atoms in total. The summed E-state index contributed by atoms with van der Waals surface area (Å²) < 4.78 is 5.63. The predicted octanol–water partition coefficient (Wildman–Crippen LogP) is 2.28. The van der Waals surface area contributed by atoms with Gasteiger partial charge in [0.15, 0.2) is 0 Å². The maximum atomic E-state index is 8.78. The lowest BCUT2D eigenvalue weighted by atomic mass is 9.79. The number of ether oxygens (including phenoxy) is 1. The average Bonchev–Trinajstić information content (AvgIpc) is 2.36. The normalized spacial score (nSPS) is 35.8. The Balaban J connectivity index is 1.75. The first kappa shape index (κ1) is 14.3. The molecule has 2 fully saturated rings. The lowest BCUT2D eigenvalue weighted by Crippen LogP contribution is -2.46. The highest BCUT2D eigenvalue weighted by molar-refractivity contribution is 4.85. The summed E-state index contributed by atoms with van der Waals surface area (Å²) in [4.78, 5) is 2.69. The number of aliphatic hydroxyl groups excluding tert-OH is 1. The van der Waals surface area contributed by atoms with Crippen LogP contribution in [0.2, 0.25) is 0 Å². The van der Waals surface area contributed by atoms with Crippen molar-refractivity contribution < 1.29 is 9.84 Å². The summed E-state index contributed by atoms with van der Waals surface area (Å²) >= 11 is 0. The van der Waals surface area contributed by atoms with Crippen molar-refractivity contribution in [3.05, 3.63) is 0 Å². The molecule has 1 saturated heterocycles. The average molecular weight is 255 g/mol. The number of hydrogen-bond acceptors (Lipinski definition) is 3. The summed E-state index contributed by atoms with van der Waals surface area (Å²) in [6.45, 7) is 7.82. The zero-order valence-corrected chi connectivity index (χ0v) is 12.0. The standard InChI is InChI=1S/C15H29NO2/c1-12-9-13(2)11-14(10-12)16-5-3-15(4-6-16)18-8-7-17/h12-15,17H,3-11H2,1-2H3. The molecule has 106 valence electrons. The van der Waals surface area contributed by atoms with E-state index in [9.17, 15) is 0 Å². The van der Waals surface area contributed by atoms with E-state index in [-0.39, 0.29) is 6.61 Å². The number of likely N-dealkylation sites (tertiary alicyclic amines) is 1. The van der Waals surface area contributed by atoms with Crippen molar-refractivity contribution >= 4 is 0 Å². The molecule has 0 radical (unpaired) electrons. The van der Waals surface area contributed by atoms with Gasteiger partial charge in [0, 0.05) is 19.1 Å². The zero-order valence-electron chi connectivity index (χ0n) is 12.0. The van der Waals surface area contributed by atoms with Gasteiger partial charge in [0.1, 0.15) is 0 Å². The van der Waals surface area contributed by atoms with Crippen LogP contribution in [0.25, 0.3) is 0 Å². The number of piperidine rings is 1. The Bertz CT molecular complexity index is 229. The van der Waals surface area contributed by atoms with E-state index in [4.69, 9.17) is 9.84 Å². The third-order valence-electron chi connectivity index (χ3n) is 4.59. The molecule has 0 aromatic carbocycles. The van der Waals surface area contributed by atoms with Crippen molar-refractivity contribution in [2.75, 3.05) is 26.3 Å². The summed E-state index contributed by atoms with van der Waals surface area (Å²) in [5.41, 5.74) is 0. The van der Waals surface area contributed by atoms with Crippen LogP contribution in [-0.4, -0.2) is 48.5 Å². The van der Waals surface area contributed by atoms with E-state index in [1.165, 1.54) is 32.4 Å². The van der Waals surface area contributed by atoms with Gasteiger partial charge in [-0.15, -0.1) is 0 Å². The van der Waals surface area contributed by atoms with Gasteiger partial charge in [0.25, 0.3) is 0 Å². The van der Waals surface area contributed by atoms with Gasteiger partial charge in [-0.3, -0.25) is 0 Å². The molecule has 1 aliphatic heterocycles. The lowest BCUT2D eigenvalue weighted by Gasteiger charge is -2.42.